The molecule has 1 amide bonds. The van der Waals surface area contributed by atoms with Crippen LogP contribution in [0.25, 0.3) is 0 Å². The van der Waals surface area contributed by atoms with E-state index in [1.807, 2.05) is 24.3 Å². The number of carbonyl (C=O) groups excluding carboxylic acids is 1. The van der Waals surface area contributed by atoms with Gasteiger partial charge in [0.2, 0.25) is 5.91 Å². The number of hydrogen-bond acceptors (Lipinski definition) is 4. The smallest absolute Gasteiger partial charge is 0.221 e. The van der Waals surface area contributed by atoms with Gasteiger partial charge < -0.3 is 25.0 Å². The Morgan fingerprint density at radius 3 is 2.75 bits per heavy atom. The highest BCUT2D eigenvalue weighted by Crippen LogP contribution is 2.15. The molecule has 7 nitrogen and oxygen atoms in total. The summed E-state index contributed by atoms with van der Waals surface area (Å²) < 4.78 is 11.0. The molecule has 28 heavy (non-hydrogen) atoms. The van der Waals surface area contributed by atoms with Crippen LogP contribution in [-0.4, -0.2) is 62.8 Å². The van der Waals surface area contributed by atoms with Crippen LogP contribution in [0.1, 0.15) is 38.7 Å². The number of hydrogen-bond donors (Lipinski definition) is 2. The van der Waals surface area contributed by atoms with Gasteiger partial charge in [-0.2, -0.15) is 0 Å². The van der Waals surface area contributed by atoms with Gasteiger partial charge in [0, 0.05) is 52.6 Å². The predicted octanol–water partition coefficient (Wildman–Crippen LogP) is 2.63. The van der Waals surface area contributed by atoms with E-state index in [0.717, 1.165) is 69.3 Å². The maximum atomic E-state index is 11.2. The number of likely N-dealkylation sites (tertiary alicyclic amines) is 1. The van der Waals surface area contributed by atoms with E-state index in [2.05, 4.69) is 22.5 Å². The molecule has 1 heterocycles. The summed E-state index contributed by atoms with van der Waals surface area (Å²) in [6.07, 6.45) is 3.29. The first-order chi connectivity index (χ1) is 13.6. The Kier molecular flexibility index (Phi) is 9.79. The van der Waals surface area contributed by atoms with Crippen molar-refractivity contribution in [3.05, 3.63) is 29.8 Å². The summed E-state index contributed by atoms with van der Waals surface area (Å²) in [5, 5.41) is 6.21. The Balaban J connectivity index is 1.88. The molecule has 0 bridgehead atoms. The van der Waals surface area contributed by atoms with Gasteiger partial charge in [-0.25, -0.2) is 4.99 Å². The maximum absolute atomic E-state index is 11.2. The van der Waals surface area contributed by atoms with Crippen molar-refractivity contribution in [1.29, 1.82) is 0 Å². The van der Waals surface area contributed by atoms with E-state index in [4.69, 9.17) is 14.5 Å². The van der Waals surface area contributed by atoms with Crippen molar-refractivity contribution < 1.29 is 14.3 Å². The lowest BCUT2D eigenvalue weighted by Crippen LogP contribution is -2.47. The van der Waals surface area contributed by atoms with E-state index in [9.17, 15) is 4.79 Å². The number of methoxy groups -OCH3 is 1. The molecule has 1 fully saturated rings. The number of nitrogens with zero attached hydrogens (tertiary/aromatic N) is 2. The quantitative estimate of drug-likeness (QED) is 0.385. The van der Waals surface area contributed by atoms with Crippen LogP contribution in [0, 0.1) is 0 Å². The van der Waals surface area contributed by atoms with Crippen molar-refractivity contribution in [2.45, 2.75) is 45.8 Å². The van der Waals surface area contributed by atoms with Crippen LogP contribution < -0.4 is 10.6 Å². The summed E-state index contributed by atoms with van der Waals surface area (Å²) >= 11 is 0. The highest BCUT2D eigenvalue weighted by Gasteiger charge is 2.21. The molecular formula is C21H34N4O3. The lowest BCUT2D eigenvalue weighted by molar-refractivity contribution is -0.114. The van der Waals surface area contributed by atoms with E-state index >= 15 is 0 Å². The van der Waals surface area contributed by atoms with Crippen LogP contribution in [-0.2, 0) is 20.8 Å². The van der Waals surface area contributed by atoms with Crippen molar-refractivity contribution in [3.8, 4) is 0 Å². The van der Waals surface area contributed by atoms with Gasteiger partial charge in [0.15, 0.2) is 5.96 Å². The van der Waals surface area contributed by atoms with Crippen molar-refractivity contribution in [2.24, 2.45) is 4.99 Å². The monoisotopic (exact) mass is 390 g/mol. The first kappa shape index (κ1) is 22.2. The predicted molar refractivity (Wildman–Crippen MR) is 113 cm³/mol. The number of nitrogens with one attached hydrogen (secondary N) is 2. The molecule has 0 saturated carbocycles. The lowest BCUT2D eigenvalue weighted by Gasteiger charge is -2.34. The second-order valence-corrected chi connectivity index (χ2v) is 6.96. The molecule has 2 rings (SSSR count). The molecule has 0 spiro atoms. The molecule has 7 heteroatoms. The minimum Gasteiger partial charge on any atom is -0.385 e. The van der Waals surface area contributed by atoms with Crippen molar-refractivity contribution in [2.75, 3.05) is 45.3 Å². The molecule has 1 aromatic rings. The fourth-order valence-corrected chi connectivity index (χ4v) is 3.23. The topological polar surface area (TPSA) is 75.2 Å². The average Bonchev–Trinajstić information content (AvgIpc) is 2.69. The van der Waals surface area contributed by atoms with E-state index < -0.39 is 0 Å². The first-order valence-electron chi connectivity index (χ1n) is 10.1. The Hall–Kier alpha value is -2.12. The number of anilines is 1. The fraction of sp³-hybridized carbons (Fsp3) is 0.619. The minimum absolute atomic E-state index is 0.0682. The van der Waals surface area contributed by atoms with Crippen LogP contribution in [0.15, 0.2) is 29.3 Å². The minimum atomic E-state index is -0.0682. The van der Waals surface area contributed by atoms with Gasteiger partial charge in [-0.05, 0) is 43.9 Å². The number of carbonyl (C=O) groups is 1. The Bertz CT molecular complexity index is 628. The molecule has 0 aromatic heterocycles. The number of amides is 1. The van der Waals surface area contributed by atoms with Gasteiger partial charge in [0.1, 0.15) is 0 Å². The third-order valence-electron chi connectivity index (χ3n) is 4.58. The van der Waals surface area contributed by atoms with Crippen molar-refractivity contribution in [3.63, 3.8) is 0 Å². The molecule has 1 aliphatic heterocycles. The first-order valence-corrected chi connectivity index (χ1v) is 10.1. The summed E-state index contributed by atoms with van der Waals surface area (Å²) in [7, 11) is 1.72. The van der Waals surface area contributed by atoms with Crippen molar-refractivity contribution >= 4 is 17.6 Å². The number of aliphatic imine (C=N–C) groups is 1. The van der Waals surface area contributed by atoms with Crippen LogP contribution in [0.5, 0.6) is 0 Å². The molecule has 0 unspecified atom stereocenters. The normalized spacial score (nSPS) is 15.5. The molecule has 0 atom stereocenters. The van der Waals surface area contributed by atoms with Gasteiger partial charge in [0.25, 0.3) is 0 Å². The van der Waals surface area contributed by atoms with E-state index in [1.165, 1.54) is 6.92 Å². The van der Waals surface area contributed by atoms with E-state index in [0.29, 0.717) is 12.6 Å². The van der Waals surface area contributed by atoms with Gasteiger partial charge in [-0.15, -0.1) is 0 Å². The molecule has 0 aliphatic carbocycles. The average molecular weight is 391 g/mol. The van der Waals surface area contributed by atoms with Crippen LogP contribution in [0.3, 0.4) is 0 Å². The molecule has 1 aliphatic rings. The van der Waals surface area contributed by atoms with Crippen LogP contribution in [0.4, 0.5) is 5.69 Å². The summed E-state index contributed by atoms with van der Waals surface area (Å²) in [5.74, 6) is 0.867. The van der Waals surface area contributed by atoms with Gasteiger partial charge >= 0.3 is 0 Å². The van der Waals surface area contributed by atoms with Gasteiger partial charge in [-0.3, -0.25) is 4.79 Å². The van der Waals surface area contributed by atoms with Crippen molar-refractivity contribution in [1.82, 2.24) is 10.2 Å². The molecule has 156 valence electrons. The fourth-order valence-electron chi connectivity index (χ4n) is 3.23. The molecule has 1 aromatic carbocycles. The number of benzene rings is 1. The van der Waals surface area contributed by atoms with Gasteiger partial charge in [-0.1, -0.05) is 12.1 Å². The van der Waals surface area contributed by atoms with Crippen LogP contribution >= 0.6 is 0 Å². The zero-order chi connectivity index (χ0) is 20.2. The molecule has 0 radical (unpaired) electrons. The SMILES string of the molecule is CCNC(=NCc1cccc(NC(C)=O)c1)N1CCC(OCCCOC)CC1. The maximum Gasteiger partial charge on any atom is 0.221 e. The Labute approximate surface area is 168 Å². The van der Waals surface area contributed by atoms with Crippen LogP contribution in [0.2, 0.25) is 0 Å². The number of ether oxygens (including phenoxy) is 2. The number of piperidine rings is 1. The number of rotatable bonds is 9. The summed E-state index contributed by atoms with van der Waals surface area (Å²) in [6.45, 7) is 8.38. The summed E-state index contributed by atoms with van der Waals surface area (Å²) in [6, 6.07) is 7.82. The highest BCUT2D eigenvalue weighted by atomic mass is 16.5. The summed E-state index contributed by atoms with van der Waals surface area (Å²) in [4.78, 5) is 18.3. The largest absolute Gasteiger partial charge is 0.385 e. The standard InChI is InChI=1S/C21H34N4O3/c1-4-22-21(23-16-18-7-5-8-19(15-18)24-17(2)26)25-11-9-20(10-12-25)28-14-6-13-27-3/h5,7-8,15,20H,4,6,9-14,16H2,1-3H3,(H,22,23)(H,24,26). The summed E-state index contributed by atoms with van der Waals surface area (Å²) in [5.41, 5.74) is 1.87. The zero-order valence-electron chi connectivity index (χ0n) is 17.4. The molecular weight excluding hydrogens is 356 g/mol. The lowest BCUT2D eigenvalue weighted by atomic mass is 10.1. The third kappa shape index (κ3) is 7.86. The molecule has 2 N–H and O–H groups in total. The zero-order valence-corrected chi connectivity index (χ0v) is 17.4. The Morgan fingerprint density at radius 1 is 1.29 bits per heavy atom. The van der Waals surface area contributed by atoms with E-state index in [-0.39, 0.29) is 5.91 Å². The number of guanidine groups is 1. The Morgan fingerprint density at radius 2 is 2.07 bits per heavy atom. The highest BCUT2D eigenvalue weighted by molar-refractivity contribution is 5.88. The third-order valence-corrected chi connectivity index (χ3v) is 4.58. The van der Waals surface area contributed by atoms with E-state index in [1.54, 1.807) is 7.11 Å². The second-order valence-electron chi connectivity index (χ2n) is 6.96. The second kappa shape index (κ2) is 12.4. The molecule has 1 saturated heterocycles. The van der Waals surface area contributed by atoms with Gasteiger partial charge in [0.05, 0.1) is 12.6 Å².